The number of aromatic nitrogens is 1. The Kier molecular flexibility index (Phi) is 3.63. The Morgan fingerprint density at radius 3 is 2.84 bits per heavy atom. The molecule has 7 nitrogen and oxygen atoms in total. The largest absolute Gasteiger partial charge is 0.477 e. The second-order valence-electron chi connectivity index (χ2n) is 3.29. The van der Waals surface area contributed by atoms with Crippen molar-refractivity contribution in [2.24, 2.45) is 0 Å². The lowest BCUT2D eigenvalue weighted by atomic mass is 10.4. The molecule has 0 fully saturated rings. The van der Waals surface area contributed by atoms with Crippen molar-refractivity contribution in [2.75, 3.05) is 0 Å². The number of ether oxygens (including phenoxy) is 1. The summed E-state index contributed by atoms with van der Waals surface area (Å²) in [5.41, 5.74) is -0.393. The fourth-order valence-corrected chi connectivity index (χ4v) is 2.02. The van der Waals surface area contributed by atoms with Gasteiger partial charge in [-0.2, -0.15) is 0 Å². The fourth-order valence-electron chi connectivity index (χ4n) is 1.22. The number of nitro groups is 1. The van der Waals surface area contributed by atoms with Crippen LogP contribution in [-0.2, 0) is 0 Å². The first-order chi connectivity index (χ1) is 8.97. The Hall–Kier alpha value is -2.19. The Labute approximate surface area is 115 Å². The van der Waals surface area contributed by atoms with Gasteiger partial charge in [0.2, 0.25) is 0 Å². The van der Waals surface area contributed by atoms with Crippen LogP contribution >= 0.6 is 22.9 Å². The van der Waals surface area contributed by atoms with E-state index in [-0.39, 0.29) is 21.5 Å². The molecule has 9 heteroatoms. The molecule has 0 aromatic carbocycles. The molecule has 0 amide bonds. The van der Waals surface area contributed by atoms with Crippen molar-refractivity contribution < 1.29 is 19.6 Å². The summed E-state index contributed by atoms with van der Waals surface area (Å²) in [4.78, 5) is 24.6. The highest BCUT2D eigenvalue weighted by molar-refractivity contribution is 7.12. The van der Waals surface area contributed by atoms with Crippen molar-refractivity contribution in [1.29, 1.82) is 0 Å². The Morgan fingerprint density at radius 1 is 1.53 bits per heavy atom. The molecule has 0 spiro atoms. The molecule has 19 heavy (non-hydrogen) atoms. The number of carboxylic acids is 1. The zero-order chi connectivity index (χ0) is 14.0. The zero-order valence-corrected chi connectivity index (χ0v) is 10.6. The minimum atomic E-state index is -1.10. The third-order valence-corrected chi connectivity index (χ3v) is 3.10. The molecule has 2 rings (SSSR count). The number of carbonyl (C=O) groups is 1. The van der Waals surface area contributed by atoms with Gasteiger partial charge in [-0.1, -0.05) is 11.6 Å². The highest BCUT2D eigenvalue weighted by Crippen LogP contribution is 2.33. The molecule has 0 saturated heterocycles. The Bertz CT molecular complexity index is 657. The molecule has 0 aliphatic heterocycles. The van der Waals surface area contributed by atoms with E-state index in [2.05, 4.69) is 4.98 Å². The van der Waals surface area contributed by atoms with Crippen LogP contribution < -0.4 is 4.74 Å². The molecule has 2 heterocycles. The van der Waals surface area contributed by atoms with Crippen LogP contribution in [0.2, 0.25) is 5.02 Å². The number of hydrogen-bond acceptors (Lipinski definition) is 6. The third-order valence-electron chi connectivity index (χ3n) is 2.00. The smallest absolute Gasteiger partial charge is 0.346 e. The van der Waals surface area contributed by atoms with E-state index in [1.807, 2.05) is 0 Å². The van der Waals surface area contributed by atoms with Crippen molar-refractivity contribution in [3.63, 3.8) is 0 Å². The van der Waals surface area contributed by atoms with Gasteiger partial charge in [0.25, 0.3) is 5.88 Å². The lowest BCUT2D eigenvalue weighted by molar-refractivity contribution is -0.386. The van der Waals surface area contributed by atoms with Gasteiger partial charge in [0, 0.05) is 17.5 Å². The second kappa shape index (κ2) is 5.21. The Morgan fingerprint density at radius 2 is 2.26 bits per heavy atom. The highest BCUT2D eigenvalue weighted by Gasteiger charge is 2.19. The van der Waals surface area contributed by atoms with E-state index < -0.39 is 16.6 Å². The van der Waals surface area contributed by atoms with Gasteiger partial charge in [-0.05, 0) is 0 Å². The van der Waals surface area contributed by atoms with Crippen LogP contribution in [0, 0.1) is 10.1 Å². The predicted octanol–water partition coefficient (Wildman–Crippen LogP) is 3.20. The average Bonchev–Trinajstić information content (AvgIpc) is 2.80. The quantitative estimate of drug-likeness (QED) is 0.687. The first kappa shape index (κ1) is 13.2. The van der Waals surface area contributed by atoms with E-state index in [1.54, 1.807) is 0 Å². The van der Waals surface area contributed by atoms with Crippen molar-refractivity contribution in [2.45, 2.75) is 0 Å². The molecule has 0 unspecified atom stereocenters. The molecule has 0 aliphatic carbocycles. The van der Waals surface area contributed by atoms with Gasteiger partial charge < -0.3 is 9.84 Å². The van der Waals surface area contributed by atoms with E-state index in [4.69, 9.17) is 21.4 Å². The van der Waals surface area contributed by atoms with Gasteiger partial charge in [0.1, 0.15) is 10.6 Å². The first-order valence-electron chi connectivity index (χ1n) is 4.77. The van der Waals surface area contributed by atoms with Crippen molar-refractivity contribution in [1.82, 2.24) is 4.98 Å². The topological polar surface area (TPSA) is 103 Å². The summed E-state index contributed by atoms with van der Waals surface area (Å²) < 4.78 is 5.19. The van der Waals surface area contributed by atoms with Gasteiger partial charge in [-0.15, -0.1) is 11.3 Å². The number of aromatic carboxylic acids is 1. The summed E-state index contributed by atoms with van der Waals surface area (Å²) >= 11 is 6.56. The number of rotatable bonds is 4. The van der Waals surface area contributed by atoms with Crippen molar-refractivity contribution in [3.05, 3.63) is 43.7 Å². The highest BCUT2D eigenvalue weighted by atomic mass is 35.5. The summed E-state index contributed by atoms with van der Waals surface area (Å²) in [7, 11) is 0. The van der Waals surface area contributed by atoms with Crippen molar-refractivity contribution in [3.8, 4) is 11.6 Å². The van der Waals surface area contributed by atoms with Gasteiger partial charge in [0.15, 0.2) is 0 Å². The van der Waals surface area contributed by atoms with E-state index in [9.17, 15) is 14.9 Å². The molecule has 0 atom stereocenters. The number of nitrogens with zero attached hydrogens (tertiary/aromatic N) is 2. The molecule has 2 aromatic heterocycles. The lowest BCUT2D eigenvalue weighted by Crippen LogP contribution is -1.95. The predicted molar refractivity (Wildman–Crippen MR) is 67.3 cm³/mol. The van der Waals surface area contributed by atoms with Crippen molar-refractivity contribution >= 4 is 34.6 Å². The number of thiophene rings is 1. The number of pyridine rings is 1. The molecule has 1 N–H and O–H groups in total. The monoisotopic (exact) mass is 300 g/mol. The number of hydrogen-bond donors (Lipinski definition) is 1. The molecule has 98 valence electrons. The van der Waals surface area contributed by atoms with Crippen LogP contribution in [-0.4, -0.2) is 21.0 Å². The third kappa shape index (κ3) is 2.98. The van der Waals surface area contributed by atoms with Crippen LogP contribution in [0.3, 0.4) is 0 Å². The summed E-state index contributed by atoms with van der Waals surface area (Å²) in [6, 6.07) is 2.36. The SMILES string of the molecule is O=C(O)c1cc(Oc2ncc(Cl)cc2[N+](=O)[O-])cs1. The maximum absolute atomic E-state index is 10.8. The number of carboxylic acid groups (broad SMARTS) is 1. The fraction of sp³-hybridized carbons (Fsp3) is 0. The molecular formula is C10H5ClN2O5S. The van der Waals surface area contributed by atoms with Gasteiger partial charge >= 0.3 is 11.7 Å². The van der Waals surface area contributed by atoms with E-state index >= 15 is 0 Å². The van der Waals surface area contributed by atoms with E-state index in [0.717, 1.165) is 17.4 Å². The molecule has 2 aromatic rings. The number of halogens is 1. The molecule has 0 bridgehead atoms. The van der Waals surface area contributed by atoms with Crippen LogP contribution in [0.4, 0.5) is 5.69 Å². The van der Waals surface area contributed by atoms with Gasteiger partial charge in [0.05, 0.1) is 16.1 Å². The maximum Gasteiger partial charge on any atom is 0.346 e. The second-order valence-corrected chi connectivity index (χ2v) is 4.64. The molecule has 0 saturated carbocycles. The maximum atomic E-state index is 10.8. The molecular weight excluding hydrogens is 296 g/mol. The Balaban J connectivity index is 2.32. The van der Waals surface area contributed by atoms with Gasteiger partial charge in [-0.25, -0.2) is 9.78 Å². The van der Waals surface area contributed by atoms with Gasteiger partial charge in [-0.3, -0.25) is 10.1 Å². The molecule has 0 aliphatic rings. The van der Waals surface area contributed by atoms with Crippen LogP contribution in [0.15, 0.2) is 23.7 Å². The summed E-state index contributed by atoms with van der Waals surface area (Å²) in [6.45, 7) is 0. The minimum Gasteiger partial charge on any atom is -0.477 e. The summed E-state index contributed by atoms with van der Waals surface area (Å²) in [6.07, 6.45) is 1.20. The van der Waals surface area contributed by atoms with Crippen LogP contribution in [0.1, 0.15) is 9.67 Å². The summed E-state index contributed by atoms with van der Waals surface area (Å²) in [5.74, 6) is -1.18. The van der Waals surface area contributed by atoms with E-state index in [1.165, 1.54) is 17.6 Å². The first-order valence-corrected chi connectivity index (χ1v) is 6.03. The zero-order valence-electron chi connectivity index (χ0n) is 9.07. The lowest BCUT2D eigenvalue weighted by Gasteiger charge is -2.02. The van der Waals surface area contributed by atoms with E-state index in [0.29, 0.717) is 0 Å². The average molecular weight is 301 g/mol. The standard InChI is InChI=1S/C10H5ClN2O5S/c11-5-1-7(13(16)17)9(12-3-5)18-6-2-8(10(14)15)19-4-6/h1-4H,(H,14,15). The minimum absolute atomic E-state index is 0.0617. The van der Waals surface area contributed by atoms with Crippen LogP contribution in [0.25, 0.3) is 0 Å². The summed E-state index contributed by atoms with van der Waals surface area (Å²) in [5, 5.41) is 21.1. The molecule has 0 radical (unpaired) electrons. The van der Waals surface area contributed by atoms with Crippen LogP contribution in [0.5, 0.6) is 11.6 Å². The normalized spacial score (nSPS) is 10.2.